The third kappa shape index (κ3) is 12.2. The Morgan fingerprint density at radius 3 is 2.15 bits per heavy atom. The summed E-state index contributed by atoms with van der Waals surface area (Å²) in [5.74, 6) is 0.476. The van der Waals surface area contributed by atoms with Gasteiger partial charge in [0.25, 0.3) is 0 Å². The summed E-state index contributed by atoms with van der Waals surface area (Å²) in [6.07, 6.45) is 14.8. The second-order valence-corrected chi connectivity index (χ2v) is 11.3. The van der Waals surface area contributed by atoms with Gasteiger partial charge >= 0.3 is 6.03 Å². The molecule has 0 unspecified atom stereocenters. The first-order chi connectivity index (χ1) is 18.9. The maximum atomic E-state index is 12.7. The normalized spacial score (nSPS) is 10.6. The molecule has 3 rings (SSSR count). The topological polar surface area (TPSA) is 71.3 Å². The zero-order valence-electron chi connectivity index (χ0n) is 24.1. The lowest BCUT2D eigenvalue weighted by atomic mass is 10.1. The minimum absolute atomic E-state index is 0. The number of hydrogen-bond acceptors (Lipinski definition) is 4. The van der Waals surface area contributed by atoms with Crippen molar-refractivity contribution in [2.24, 2.45) is 0 Å². The molecule has 2 aromatic carbocycles. The molecule has 40 heavy (non-hydrogen) atoms. The van der Waals surface area contributed by atoms with Gasteiger partial charge in [0.2, 0.25) is 5.51 Å². The second-order valence-electron chi connectivity index (χ2n) is 10.2. The number of amides is 2. The fourth-order valence-corrected chi connectivity index (χ4v) is 5.19. The number of aryl methyl sites for hydroxylation is 1. The fraction of sp³-hybridized carbons (Fsp3) is 0.469. The molecule has 0 aliphatic heterocycles. The summed E-state index contributed by atoms with van der Waals surface area (Å²) < 4.78 is 8.07. The molecule has 0 aliphatic rings. The number of carbonyl (C=O) groups is 2. The number of nitrogens with zero attached hydrogens (tertiary/aromatic N) is 1. The molecule has 0 spiro atoms. The molecule has 2 amide bonds. The molecule has 218 valence electrons. The lowest BCUT2D eigenvalue weighted by Gasteiger charge is -2.13. The predicted molar refractivity (Wildman–Crippen MR) is 161 cm³/mol. The van der Waals surface area contributed by atoms with Crippen molar-refractivity contribution in [3.63, 3.8) is 0 Å². The van der Waals surface area contributed by atoms with Crippen LogP contribution in [0.1, 0.15) is 98.9 Å². The number of thiazole rings is 1. The first-order valence-corrected chi connectivity index (χ1v) is 15.2. The monoisotopic (exact) mass is 629 g/mol. The van der Waals surface area contributed by atoms with Crippen molar-refractivity contribution < 1.29 is 35.9 Å². The van der Waals surface area contributed by atoms with Gasteiger partial charge in [0.05, 0.1) is 17.0 Å². The molecule has 0 fully saturated rings. The van der Waals surface area contributed by atoms with Crippen molar-refractivity contribution in [1.82, 2.24) is 0 Å². The third-order valence-electron chi connectivity index (χ3n) is 6.64. The van der Waals surface area contributed by atoms with Crippen LogP contribution in [0, 0.1) is 6.92 Å². The highest BCUT2D eigenvalue weighted by molar-refractivity contribution is 7.09. The van der Waals surface area contributed by atoms with Crippen LogP contribution >= 0.6 is 11.3 Å². The number of carbonyl (C=O) groups excluding carboxylic acids is 2. The number of ether oxygens (including phenoxy) is 1. The van der Waals surface area contributed by atoms with Gasteiger partial charge in [0, 0.05) is 16.9 Å². The van der Waals surface area contributed by atoms with Crippen molar-refractivity contribution in [1.29, 1.82) is 0 Å². The van der Waals surface area contributed by atoms with E-state index < -0.39 is 0 Å². The second kappa shape index (κ2) is 18.6. The van der Waals surface area contributed by atoms with E-state index in [1.165, 1.54) is 63.2 Å². The number of hydrogen-bond donors (Lipinski definition) is 2. The molecule has 0 aliphatic carbocycles. The van der Waals surface area contributed by atoms with Crippen LogP contribution < -0.4 is 36.9 Å². The van der Waals surface area contributed by atoms with Gasteiger partial charge in [-0.1, -0.05) is 88.2 Å². The molecule has 6 nitrogen and oxygen atoms in total. The van der Waals surface area contributed by atoms with E-state index in [4.69, 9.17) is 4.74 Å². The Morgan fingerprint density at radius 2 is 1.52 bits per heavy atom. The number of Topliss-reactive ketones (excluding diaryl/α,β-unsaturated/α-hetero) is 1. The van der Waals surface area contributed by atoms with Gasteiger partial charge in [-0.2, -0.15) is 4.57 Å². The number of unbranched alkanes of at least 4 members (excludes halogenated alkanes) is 9. The van der Waals surface area contributed by atoms with Crippen LogP contribution in [0.15, 0.2) is 54.2 Å². The number of aromatic nitrogens is 1. The Labute approximate surface area is 254 Å². The van der Waals surface area contributed by atoms with E-state index in [1.54, 1.807) is 29.5 Å². The van der Waals surface area contributed by atoms with Crippen LogP contribution in [0.3, 0.4) is 0 Å². The minimum Gasteiger partial charge on any atom is -1.00 e. The zero-order valence-corrected chi connectivity index (χ0v) is 26.5. The molecule has 1 aromatic heterocycles. The molecule has 8 heteroatoms. The maximum absolute atomic E-state index is 12.7. The highest BCUT2D eigenvalue weighted by atomic mass is 79.9. The molecule has 3 aromatic rings. The third-order valence-corrected chi connectivity index (χ3v) is 7.50. The summed E-state index contributed by atoms with van der Waals surface area (Å²) in [5.41, 5.74) is 4.91. The highest BCUT2D eigenvalue weighted by Crippen LogP contribution is 2.24. The maximum Gasteiger partial charge on any atom is 0.323 e. The SMILES string of the molecule is CCCCCCCCCCCCOc1ccc(NC(=O)Nc2cccc(C[n+]3csc(C)c3)c2)cc1C(C)=O.[Br-]. The quantitative estimate of drug-likeness (QED) is 0.117. The van der Waals surface area contributed by atoms with E-state index in [0.717, 1.165) is 24.9 Å². The van der Waals surface area contributed by atoms with Gasteiger partial charge in [-0.3, -0.25) is 4.79 Å². The van der Waals surface area contributed by atoms with Crippen LogP contribution in [0.25, 0.3) is 0 Å². The van der Waals surface area contributed by atoms with E-state index in [-0.39, 0.29) is 28.8 Å². The van der Waals surface area contributed by atoms with Gasteiger partial charge in [0.15, 0.2) is 18.5 Å². The Morgan fingerprint density at radius 1 is 0.875 bits per heavy atom. The first-order valence-electron chi connectivity index (χ1n) is 14.3. The first kappa shape index (κ1) is 33.5. The van der Waals surface area contributed by atoms with Crippen molar-refractivity contribution in [2.75, 3.05) is 17.2 Å². The number of urea groups is 1. The van der Waals surface area contributed by atoms with Crippen LogP contribution in [0.2, 0.25) is 0 Å². The van der Waals surface area contributed by atoms with Gasteiger partial charge in [0.1, 0.15) is 5.75 Å². The van der Waals surface area contributed by atoms with E-state index in [2.05, 4.69) is 40.8 Å². The van der Waals surface area contributed by atoms with E-state index >= 15 is 0 Å². The molecule has 0 saturated heterocycles. The van der Waals surface area contributed by atoms with Crippen LogP contribution in [-0.4, -0.2) is 18.4 Å². The molecule has 0 saturated carbocycles. The number of benzene rings is 2. The largest absolute Gasteiger partial charge is 1.00 e. The van der Waals surface area contributed by atoms with Crippen LogP contribution in [0.4, 0.5) is 16.2 Å². The van der Waals surface area contributed by atoms with Crippen molar-refractivity contribution in [3.05, 3.63) is 70.2 Å². The Hall–Kier alpha value is -2.71. The molecule has 2 N–H and O–H groups in total. The van der Waals surface area contributed by atoms with Crippen LogP contribution in [0.5, 0.6) is 5.75 Å². The molecule has 0 atom stereocenters. The molecule has 1 heterocycles. The summed E-state index contributed by atoms with van der Waals surface area (Å²) >= 11 is 1.71. The molecular formula is C32H44BrN3O3S. The number of anilines is 2. The van der Waals surface area contributed by atoms with E-state index in [0.29, 0.717) is 29.3 Å². The summed E-state index contributed by atoms with van der Waals surface area (Å²) in [4.78, 5) is 26.2. The van der Waals surface area contributed by atoms with Gasteiger partial charge in [-0.15, -0.1) is 0 Å². The van der Waals surface area contributed by atoms with Gasteiger partial charge in [-0.05, 0) is 50.6 Å². The van der Waals surface area contributed by atoms with Crippen molar-refractivity contribution in [3.8, 4) is 5.75 Å². The number of ketones is 1. The van der Waals surface area contributed by atoms with E-state index in [1.807, 2.05) is 24.3 Å². The highest BCUT2D eigenvalue weighted by Gasteiger charge is 2.12. The number of rotatable bonds is 17. The van der Waals surface area contributed by atoms with Gasteiger partial charge < -0.3 is 32.4 Å². The Balaban J connectivity index is 0.00000560. The lowest BCUT2D eigenvalue weighted by Crippen LogP contribution is -3.00. The summed E-state index contributed by atoms with van der Waals surface area (Å²) in [6.45, 7) is 7.18. The summed E-state index contributed by atoms with van der Waals surface area (Å²) in [7, 11) is 0. The average molecular weight is 631 g/mol. The average Bonchev–Trinajstić information content (AvgIpc) is 3.32. The smallest absolute Gasteiger partial charge is 0.323 e. The van der Waals surface area contributed by atoms with E-state index in [9.17, 15) is 9.59 Å². The zero-order chi connectivity index (χ0) is 27.9. The summed E-state index contributed by atoms with van der Waals surface area (Å²) in [6, 6.07) is 12.6. The Kier molecular flexibility index (Phi) is 15.6. The Bertz CT molecular complexity index is 1200. The number of halogens is 1. The van der Waals surface area contributed by atoms with Crippen molar-refractivity contribution in [2.45, 2.75) is 91.5 Å². The molecular weight excluding hydrogens is 586 g/mol. The summed E-state index contributed by atoms with van der Waals surface area (Å²) in [5, 5.41) is 5.72. The van der Waals surface area contributed by atoms with Gasteiger partial charge in [-0.25, -0.2) is 4.79 Å². The minimum atomic E-state index is -0.361. The number of nitrogens with one attached hydrogen (secondary N) is 2. The standard InChI is InChI=1S/C32H43N3O3S.BrH/c1-4-5-6-7-8-9-10-11-12-13-19-38-31-18-17-29(21-30(31)26(3)36)34-32(37)33-28-16-14-15-27(20-28)23-35-22-25(2)39-24-35;/h14-18,20-22,24H,4-13,19,23H2,1-3H3,(H-,33,34,37);1H. The lowest BCUT2D eigenvalue weighted by molar-refractivity contribution is -0.683. The van der Waals surface area contributed by atoms with Crippen molar-refractivity contribution >= 4 is 34.5 Å². The predicted octanol–water partition coefficient (Wildman–Crippen LogP) is 5.54. The molecule has 0 bridgehead atoms. The molecule has 0 radical (unpaired) electrons. The van der Waals surface area contributed by atoms with Crippen LogP contribution in [-0.2, 0) is 6.54 Å². The fourth-order valence-electron chi connectivity index (χ4n) is 4.56.